The summed E-state index contributed by atoms with van der Waals surface area (Å²) < 4.78 is 50.9. The van der Waals surface area contributed by atoms with E-state index in [-0.39, 0.29) is 15.3 Å². The Kier molecular flexibility index (Phi) is 5.20. The third kappa shape index (κ3) is 4.11. The van der Waals surface area contributed by atoms with Crippen molar-refractivity contribution in [1.29, 1.82) is 5.26 Å². The largest absolute Gasteiger partial charge is 0.419 e. The highest BCUT2D eigenvalue weighted by Gasteiger charge is 2.34. The van der Waals surface area contributed by atoms with Crippen molar-refractivity contribution < 1.29 is 17.6 Å². The second kappa shape index (κ2) is 6.25. The molecule has 3 nitrogen and oxygen atoms in total. The van der Waals surface area contributed by atoms with Crippen molar-refractivity contribution in [3.8, 4) is 6.19 Å². The third-order valence-electron chi connectivity index (χ3n) is 1.92. The molecule has 1 N–H and O–H groups in total. The zero-order chi connectivity index (χ0) is 14.6. The van der Waals surface area contributed by atoms with Crippen molar-refractivity contribution in [2.45, 2.75) is 6.18 Å². The zero-order valence-electron chi connectivity index (χ0n) is 9.35. The predicted octanol–water partition coefficient (Wildman–Crippen LogP) is 4.03. The Morgan fingerprint density at radius 1 is 1.47 bits per heavy atom. The molecule has 0 bridgehead atoms. The van der Waals surface area contributed by atoms with Gasteiger partial charge in [0, 0.05) is 4.47 Å². The number of benzene rings is 1. The average Bonchev–Trinajstić information content (AvgIpc) is 2.29. The van der Waals surface area contributed by atoms with Gasteiger partial charge in [0.15, 0.2) is 11.4 Å². The van der Waals surface area contributed by atoms with Crippen LogP contribution in [0, 0.1) is 17.3 Å². The molecule has 0 aliphatic heterocycles. The number of thioether (sulfide) groups is 1. The topological polar surface area (TPSA) is 48.2 Å². The Morgan fingerprint density at radius 2 is 2.11 bits per heavy atom. The zero-order valence-corrected chi connectivity index (χ0v) is 11.7. The van der Waals surface area contributed by atoms with Crippen LogP contribution in [0.15, 0.2) is 21.6 Å². The van der Waals surface area contributed by atoms with Gasteiger partial charge in [0.25, 0.3) is 0 Å². The molecular formula is C10H6BrF4N3S. The van der Waals surface area contributed by atoms with Crippen LogP contribution in [-0.2, 0) is 6.18 Å². The SMILES string of the molecule is CSC(=Nc1cc(C(F)(F)F)c(F)cc1Br)NC#N. The van der Waals surface area contributed by atoms with E-state index in [0.29, 0.717) is 12.1 Å². The summed E-state index contributed by atoms with van der Waals surface area (Å²) in [5, 5.41) is 10.7. The molecule has 1 rings (SSSR count). The van der Waals surface area contributed by atoms with Gasteiger partial charge >= 0.3 is 6.18 Å². The minimum atomic E-state index is -4.81. The maximum atomic E-state index is 13.2. The van der Waals surface area contributed by atoms with E-state index in [1.165, 1.54) is 0 Å². The summed E-state index contributed by atoms with van der Waals surface area (Å²) in [6, 6.07) is 1.26. The van der Waals surface area contributed by atoms with Gasteiger partial charge in [-0.2, -0.15) is 18.4 Å². The van der Waals surface area contributed by atoms with Crippen LogP contribution >= 0.6 is 27.7 Å². The number of nitrogens with one attached hydrogen (secondary N) is 1. The lowest BCUT2D eigenvalue weighted by atomic mass is 10.2. The van der Waals surface area contributed by atoms with Gasteiger partial charge in [-0.25, -0.2) is 9.38 Å². The van der Waals surface area contributed by atoms with E-state index in [9.17, 15) is 17.6 Å². The van der Waals surface area contributed by atoms with Crippen molar-refractivity contribution in [1.82, 2.24) is 5.32 Å². The van der Waals surface area contributed by atoms with Crippen LogP contribution in [0.3, 0.4) is 0 Å². The van der Waals surface area contributed by atoms with Crippen LogP contribution in [0.4, 0.5) is 23.2 Å². The molecule has 0 radical (unpaired) electrons. The number of amidine groups is 1. The Balaban J connectivity index is 3.34. The van der Waals surface area contributed by atoms with E-state index in [1.54, 1.807) is 12.4 Å². The van der Waals surface area contributed by atoms with Gasteiger partial charge in [-0.05, 0) is 34.3 Å². The average molecular weight is 356 g/mol. The number of hydrogen-bond donors (Lipinski definition) is 1. The van der Waals surface area contributed by atoms with E-state index in [0.717, 1.165) is 11.8 Å². The fraction of sp³-hybridized carbons (Fsp3) is 0.200. The summed E-state index contributed by atoms with van der Waals surface area (Å²) in [6.45, 7) is 0. The number of halogens is 5. The van der Waals surface area contributed by atoms with Crippen molar-refractivity contribution in [2.24, 2.45) is 4.99 Å². The molecule has 1 aromatic carbocycles. The lowest BCUT2D eigenvalue weighted by molar-refractivity contribution is -0.139. The molecule has 0 aliphatic rings. The second-order valence-electron chi connectivity index (χ2n) is 3.14. The van der Waals surface area contributed by atoms with Crippen LogP contribution in [0.5, 0.6) is 0 Å². The quantitative estimate of drug-likeness (QED) is 0.272. The molecule has 9 heteroatoms. The normalized spacial score (nSPS) is 12.2. The number of hydrogen-bond acceptors (Lipinski definition) is 3. The smallest absolute Gasteiger partial charge is 0.271 e. The van der Waals surface area contributed by atoms with Gasteiger partial charge in [-0.15, -0.1) is 0 Å². The van der Waals surface area contributed by atoms with Crippen LogP contribution in [0.1, 0.15) is 5.56 Å². The van der Waals surface area contributed by atoms with E-state index in [4.69, 9.17) is 5.26 Å². The summed E-state index contributed by atoms with van der Waals surface area (Å²) in [4.78, 5) is 3.81. The second-order valence-corrected chi connectivity index (χ2v) is 4.79. The number of alkyl halides is 3. The van der Waals surface area contributed by atoms with E-state index < -0.39 is 17.6 Å². The van der Waals surface area contributed by atoms with Crippen molar-refractivity contribution in [3.63, 3.8) is 0 Å². The Hall–Kier alpha value is -1.27. The molecule has 0 saturated carbocycles. The van der Waals surface area contributed by atoms with E-state index in [2.05, 4.69) is 26.2 Å². The lowest BCUT2D eigenvalue weighted by Gasteiger charge is -2.10. The fourth-order valence-electron chi connectivity index (χ4n) is 1.12. The maximum absolute atomic E-state index is 13.2. The molecule has 0 atom stereocenters. The molecule has 0 heterocycles. The number of nitriles is 1. The monoisotopic (exact) mass is 355 g/mol. The molecule has 0 saturated heterocycles. The number of rotatable bonds is 1. The first-order valence-electron chi connectivity index (χ1n) is 4.63. The maximum Gasteiger partial charge on any atom is 0.419 e. The van der Waals surface area contributed by atoms with Crippen molar-refractivity contribution >= 4 is 38.5 Å². The minimum Gasteiger partial charge on any atom is -0.271 e. The molecule has 1 aromatic rings. The summed E-state index contributed by atoms with van der Waals surface area (Å²) in [6.07, 6.45) is -1.62. The Labute approximate surface area is 118 Å². The Morgan fingerprint density at radius 3 is 2.58 bits per heavy atom. The van der Waals surface area contributed by atoms with Gasteiger partial charge in [-0.1, -0.05) is 11.8 Å². The lowest BCUT2D eigenvalue weighted by Crippen LogP contribution is -2.13. The molecule has 0 fully saturated rings. The molecule has 0 spiro atoms. The van der Waals surface area contributed by atoms with Crippen LogP contribution < -0.4 is 5.32 Å². The first-order valence-corrected chi connectivity index (χ1v) is 6.65. The highest BCUT2D eigenvalue weighted by Crippen LogP contribution is 2.37. The molecule has 0 amide bonds. The number of nitrogens with zero attached hydrogens (tertiary/aromatic N) is 2. The molecule has 102 valence electrons. The summed E-state index contributed by atoms with van der Waals surface area (Å²) >= 11 is 3.96. The van der Waals surface area contributed by atoms with Crippen LogP contribution in [-0.4, -0.2) is 11.4 Å². The molecule has 0 aromatic heterocycles. The molecule has 19 heavy (non-hydrogen) atoms. The van der Waals surface area contributed by atoms with Crippen molar-refractivity contribution in [2.75, 3.05) is 6.26 Å². The molecule has 0 unspecified atom stereocenters. The predicted molar refractivity (Wildman–Crippen MR) is 68.5 cm³/mol. The first-order chi connectivity index (χ1) is 8.79. The first kappa shape index (κ1) is 15.8. The number of aliphatic imine (C=N–C) groups is 1. The van der Waals surface area contributed by atoms with Gasteiger partial charge in [0.1, 0.15) is 5.82 Å². The van der Waals surface area contributed by atoms with Gasteiger partial charge in [-0.3, -0.25) is 5.32 Å². The van der Waals surface area contributed by atoms with Gasteiger partial charge in [0.05, 0.1) is 11.3 Å². The molecular weight excluding hydrogens is 350 g/mol. The van der Waals surface area contributed by atoms with Crippen LogP contribution in [0.25, 0.3) is 0 Å². The van der Waals surface area contributed by atoms with Crippen molar-refractivity contribution in [3.05, 3.63) is 28.0 Å². The third-order valence-corrected chi connectivity index (χ3v) is 3.14. The highest BCUT2D eigenvalue weighted by molar-refractivity contribution is 9.10. The molecule has 0 aliphatic carbocycles. The van der Waals surface area contributed by atoms with E-state index in [1.807, 2.05) is 0 Å². The van der Waals surface area contributed by atoms with E-state index >= 15 is 0 Å². The summed E-state index contributed by atoms with van der Waals surface area (Å²) in [5.74, 6) is -1.39. The highest BCUT2D eigenvalue weighted by atomic mass is 79.9. The van der Waals surface area contributed by atoms with Gasteiger partial charge in [0.2, 0.25) is 0 Å². The standard InChI is InChI=1S/C10H6BrF4N3S/c1-19-9(17-4-16)18-8-2-5(10(13,14)15)7(12)3-6(8)11/h2-3H,1H3,(H,17,18). The summed E-state index contributed by atoms with van der Waals surface area (Å²) in [5.41, 5.74) is -1.53. The fourth-order valence-corrected chi connectivity index (χ4v) is 1.86. The van der Waals surface area contributed by atoms with Gasteiger partial charge < -0.3 is 0 Å². The Bertz CT molecular complexity index is 551. The summed E-state index contributed by atoms with van der Waals surface area (Å²) in [7, 11) is 0. The minimum absolute atomic E-state index is 0.0595. The van der Waals surface area contributed by atoms with Crippen LogP contribution in [0.2, 0.25) is 0 Å².